The molecule has 0 saturated carbocycles. The van der Waals surface area contributed by atoms with Crippen LogP contribution < -0.4 is 0 Å². The van der Waals surface area contributed by atoms with Crippen LogP contribution in [0.2, 0.25) is 0 Å². The van der Waals surface area contributed by atoms with Crippen molar-refractivity contribution in [1.29, 1.82) is 0 Å². The van der Waals surface area contributed by atoms with Gasteiger partial charge in [0.1, 0.15) is 0 Å². The van der Waals surface area contributed by atoms with E-state index in [4.69, 9.17) is 5.21 Å². The first-order chi connectivity index (χ1) is 10.4. The van der Waals surface area contributed by atoms with Crippen molar-refractivity contribution in [3.63, 3.8) is 0 Å². The summed E-state index contributed by atoms with van der Waals surface area (Å²) in [5.74, 6) is 0. The molecule has 0 bridgehead atoms. The summed E-state index contributed by atoms with van der Waals surface area (Å²) in [6, 6.07) is 22.9. The van der Waals surface area contributed by atoms with Crippen molar-refractivity contribution in [1.82, 2.24) is 0 Å². The van der Waals surface area contributed by atoms with E-state index in [1.807, 2.05) is 18.2 Å². The van der Waals surface area contributed by atoms with Gasteiger partial charge in [-0.2, -0.15) is 0 Å². The van der Waals surface area contributed by atoms with E-state index in [-0.39, 0.29) is 0 Å². The Morgan fingerprint density at radius 3 is 1.67 bits per heavy atom. The summed E-state index contributed by atoms with van der Waals surface area (Å²) in [6.07, 6.45) is 1.50. The number of hydrogen-bond acceptors (Lipinski definition) is 2. The van der Waals surface area contributed by atoms with Crippen LogP contribution in [0, 0.1) is 0 Å². The Morgan fingerprint density at radius 1 is 0.619 bits per heavy atom. The first-order valence-corrected chi connectivity index (χ1v) is 6.90. The van der Waals surface area contributed by atoms with E-state index < -0.39 is 0 Å². The second-order valence-corrected chi connectivity index (χ2v) is 5.11. The van der Waals surface area contributed by atoms with Gasteiger partial charge in [-0.1, -0.05) is 71.9 Å². The number of fused-ring (bicyclic) bond motifs is 6. The fourth-order valence-corrected chi connectivity index (χ4v) is 3.15. The molecule has 4 aromatic carbocycles. The van der Waals surface area contributed by atoms with E-state index in [9.17, 15) is 0 Å². The van der Waals surface area contributed by atoms with Crippen molar-refractivity contribution >= 4 is 38.5 Å². The SMILES string of the molecule is ON=Cc1cccc2c3ccccc3c3ccccc3c12. The number of nitrogens with zero attached hydrogens (tertiary/aromatic N) is 1. The summed E-state index contributed by atoms with van der Waals surface area (Å²) in [5.41, 5.74) is 0.928. The maximum Gasteiger partial charge on any atom is 0.0740 e. The Morgan fingerprint density at radius 2 is 1.10 bits per heavy atom. The molecule has 0 aliphatic carbocycles. The number of benzene rings is 4. The Kier molecular flexibility index (Phi) is 2.61. The highest BCUT2D eigenvalue weighted by molar-refractivity contribution is 6.28. The van der Waals surface area contributed by atoms with Crippen LogP contribution in [-0.4, -0.2) is 11.4 Å². The summed E-state index contributed by atoms with van der Waals surface area (Å²) in [4.78, 5) is 0. The van der Waals surface area contributed by atoms with Gasteiger partial charge in [0, 0.05) is 5.56 Å². The molecule has 0 saturated heterocycles. The van der Waals surface area contributed by atoms with Crippen LogP contribution >= 0.6 is 0 Å². The van der Waals surface area contributed by atoms with E-state index in [0.29, 0.717) is 0 Å². The largest absolute Gasteiger partial charge is 0.411 e. The van der Waals surface area contributed by atoms with Crippen molar-refractivity contribution in [2.45, 2.75) is 0 Å². The molecular weight excluding hydrogens is 258 g/mol. The first-order valence-electron chi connectivity index (χ1n) is 6.90. The van der Waals surface area contributed by atoms with Gasteiger partial charge in [0.25, 0.3) is 0 Å². The van der Waals surface area contributed by atoms with Crippen LogP contribution in [0.4, 0.5) is 0 Å². The highest BCUT2D eigenvalue weighted by Crippen LogP contribution is 2.35. The van der Waals surface area contributed by atoms with Crippen molar-refractivity contribution < 1.29 is 5.21 Å². The first kappa shape index (κ1) is 11.9. The molecule has 100 valence electrons. The Labute approximate surface area is 121 Å². The molecular formula is C19H13NO. The molecule has 0 fully saturated rings. The quantitative estimate of drug-likeness (QED) is 0.226. The topological polar surface area (TPSA) is 32.6 Å². The number of hydrogen-bond donors (Lipinski definition) is 1. The summed E-state index contributed by atoms with van der Waals surface area (Å²) in [5, 5.41) is 19.3. The van der Waals surface area contributed by atoms with Gasteiger partial charge >= 0.3 is 0 Å². The van der Waals surface area contributed by atoms with Gasteiger partial charge < -0.3 is 5.21 Å². The predicted molar refractivity (Wildman–Crippen MR) is 88.3 cm³/mol. The summed E-state index contributed by atoms with van der Waals surface area (Å²) < 4.78 is 0. The lowest BCUT2D eigenvalue weighted by atomic mass is 9.92. The lowest BCUT2D eigenvalue weighted by Gasteiger charge is -2.11. The average molecular weight is 271 g/mol. The van der Waals surface area contributed by atoms with Gasteiger partial charge in [-0.3, -0.25) is 0 Å². The molecule has 0 aromatic heterocycles. The minimum Gasteiger partial charge on any atom is -0.411 e. The van der Waals surface area contributed by atoms with Crippen LogP contribution in [0.5, 0.6) is 0 Å². The smallest absolute Gasteiger partial charge is 0.0740 e. The minimum absolute atomic E-state index is 0.928. The highest BCUT2D eigenvalue weighted by Gasteiger charge is 2.09. The third-order valence-electron chi connectivity index (χ3n) is 4.00. The summed E-state index contributed by atoms with van der Waals surface area (Å²) in [6.45, 7) is 0. The molecule has 1 N–H and O–H groups in total. The van der Waals surface area contributed by atoms with Gasteiger partial charge in [-0.05, 0) is 32.3 Å². The summed E-state index contributed by atoms with van der Waals surface area (Å²) >= 11 is 0. The normalized spacial score (nSPS) is 11.8. The zero-order valence-electron chi connectivity index (χ0n) is 11.3. The van der Waals surface area contributed by atoms with Gasteiger partial charge in [-0.15, -0.1) is 0 Å². The molecule has 0 radical (unpaired) electrons. The lowest BCUT2D eigenvalue weighted by Crippen LogP contribution is -1.88. The molecule has 4 rings (SSSR count). The van der Waals surface area contributed by atoms with Crippen molar-refractivity contribution in [2.75, 3.05) is 0 Å². The maximum absolute atomic E-state index is 8.93. The van der Waals surface area contributed by atoms with Crippen molar-refractivity contribution in [2.24, 2.45) is 5.16 Å². The Balaban J connectivity index is 2.39. The maximum atomic E-state index is 8.93. The van der Waals surface area contributed by atoms with Crippen LogP contribution in [0.25, 0.3) is 32.3 Å². The highest BCUT2D eigenvalue weighted by atomic mass is 16.4. The molecule has 2 nitrogen and oxygen atoms in total. The van der Waals surface area contributed by atoms with Gasteiger partial charge in [-0.25, -0.2) is 0 Å². The van der Waals surface area contributed by atoms with Crippen molar-refractivity contribution in [3.8, 4) is 0 Å². The molecule has 0 aliphatic rings. The molecule has 0 unspecified atom stereocenters. The van der Waals surface area contributed by atoms with Gasteiger partial charge in [0.2, 0.25) is 0 Å². The van der Waals surface area contributed by atoms with E-state index in [0.717, 1.165) is 10.9 Å². The predicted octanol–water partition coefficient (Wildman–Crippen LogP) is 4.95. The Hall–Kier alpha value is -2.87. The minimum atomic E-state index is 0.928. The summed E-state index contributed by atoms with van der Waals surface area (Å²) in [7, 11) is 0. The van der Waals surface area contributed by atoms with Crippen LogP contribution in [0.1, 0.15) is 5.56 Å². The molecule has 0 amide bonds. The zero-order chi connectivity index (χ0) is 14.2. The van der Waals surface area contributed by atoms with E-state index in [2.05, 4.69) is 53.7 Å². The third kappa shape index (κ3) is 1.69. The third-order valence-corrected chi connectivity index (χ3v) is 4.00. The van der Waals surface area contributed by atoms with Crippen LogP contribution in [-0.2, 0) is 0 Å². The standard InChI is InChI=1S/C19H13NO/c21-20-12-13-6-5-11-18-16-8-2-1-7-14(16)15-9-3-4-10-17(15)19(13)18/h1-12,21H. The molecule has 21 heavy (non-hydrogen) atoms. The fourth-order valence-electron chi connectivity index (χ4n) is 3.15. The number of oxime groups is 1. The second kappa shape index (κ2) is 4.60. The van der Waals surface area contributed by atoms with E-state index in [1.54, 1.807) is 0 Å². The molecule has 4 aromatic rings. The van der Waals surface area contributed by atoms with Crippen LogP contribution in [0.15, 0.2) is 71.9 Å². The number of rotatable bonds is 1. The van der Waals surface area contributed by atoms with Crippen molar-refractivity contribution in [3.05, 3.63) is 72.3 Å². The fraction of sp³-hybridized carbons (Fsp3) is 0. The van der Waals surface area contributed by atoms with Gasteiger partial charge in [0.15, 0.2) is 0 Å². The van der Waals surface area contributed by atoms with E-state index >= 15 is 0 Å². The van der Waals surface area contributed by atoms with Crippen LogP contribution in [0.3, 0.4) is 0 Å². The van der Waals surface area contributed by atoms with Gasteiger partial charge in [0.05, 0.1) is 6.21 Å². The Bertz CT molecular complexity index is 957. The zero-order valence-corrected chi connectivity index (χ0v) is 11.3. The lowest BCUT2D eigenvalue weighted by molar-refractivity contribution is 0.322. The molecule has 0 aliphatic heterocycles. The molecule has 0 spiro atoms. The molecule has 2 heteroatoms. The molecule has 0 atom stereocenters. The monoisotopic (exact) mass is 271 g/mol. The molecule has 0 heterocycles. The average Bonchev–Trinajstić information content (AvgIpc) is 2.55. The van der Waals surface area contributed by atoms with E-state index in [1.165, 1.54) is 33.1 Å². The second-order valence-electron chi connectivity index (χ2n) is 5.11.